The van der Waals surface area contributed by atoms with Crippen LogP contribution in [0.15, 0.2) is 54.7 Å². The molecule has 0 radical (unpaired) electrons. The second kappa shape index (κ2) is 8.12. The molecule has 1 heterocycles. The summed E-state index contributed by atoms with van der Waals surface area (Å²) in [5.41, 5.74) is -0.674. The van der Waals surface area contributed by atoms with E-state index in [0.717, 1.165) is 6.07 Å². The lowest BCUT2D eigenvalue weighted by Crippen LogP contribution is -2.13. The molecule has 1 aromatic heterocycles. The van der Waals surface area contributed by atoms with E-state index >= 15 is 0 Å². The lowest BCUT2D eigenvalue weighted by Gasteiger charge is -2.15. The first-order chi connectivity index (χ1) is 13.4. The van der Waals surface area contributed by atoms with Gasteiger partial charge in [-0.3, -0.25) is 0 Å². The van der Waals surface area contributed by atoms with E-state index in [1.165, 1.54) is 18.2 Å². The highest BCUT2D eigenvalue weighted by molar-refractivity contribution is 5.63. The molecule has 0 amide bonds. The lowest BCUT2D eigenvalue weighted by atomic mass is 10.2. The summed E-state index contributed by atoms with van der Waals surface area (Å²) in [6.45, 7) is 2.37. The Bertz CT molecular complexity index is 945. The van der Waals surface area contributed by atoms with Gasteiger partial charge in [0.25, 0.3) is 0 Å². The zero-order valence-electron chi connectivity index (χ0n) is 14.7. The van der Waals surface area contributed by atoms with Gasteiger partial charge in [-0.05, 0) is 43.3 Å². The molecule has 0 aliphatic rings. The van der Waals surface area contributed by atoms with Gasteiger partial charge in [-0.1, -0.05) is 12.1 Å². The van der Waals surface area contributed by atoms with Crippen molar-refractivity contribution >= 4 is 23.1 Å². The first-order valence-corrected chi connectivity index (χ1v) is 8.32. The van der Waals surface area contributed by atoms with Crippen LogP contribution in [-0.4, -0.2) is 16.6 Å². The van der Waals surface area contributed by atoms with Crippen LogP contribution >= 0.6 is 0 Å². The van der Waals surface area contributed by atoms with Gasteiger partial charge in [-0.25, -0.2) is 9.37 Å². The normalized spacial score (nSPS) is 11.2. The molecular weight excluding hydrogens is 376 g/mol. The van der Waals surface area contributed by atoms with Gasteiger partial charge in [0, 0.05) is 11.9 Å². The molecule has 0 fully saturated rings. The molecule has 0 spiro atoms. The van der Waals surface area contributed by atoms with Crippen molar-refractivity contribution in [3.8, 4) is 5.75 Å². The predicted octanol–water partition coefficient (Wildman–Crippen LogP) is 5.52. The molecule has 0 aliphatic heterocycles. The molecule has 0 unspecified atom stereocenters. The van der Waals surface area contributed by atoms with Gasteiger partial charge in [0.1, 0.15) is 22.9 Å². The van der Waals surface area contributed by atoms with E-state index in [1.807, 2.05) is 6.92 Å². The molecule has 5 nitrogen and oxygen atoms in total. The highest BCUT2D eigenvalue weighted by Gasteiger charge is 2.35. The standard InChI is InChI=1S/C19H16F4N4O/c1-2-28-13-9-7-12(8-10-13)25-18-24-11-14(19(21,22)23)17(27-18)26-16-6-4-3-5-15(16)20/h3-11H,2H2,1H3,(H2,24,25,26,27). The Labute approximate surface area is 158 Å². The Hall–Kier alpha value is -3.36. The average Bonchev–Trinajstić information content (AvgIpc) is 2.65. The summed E-state index contributed by atoms with van der Waals surface area (Å²) in [4.78, 5) is 7.60. The first kappa shape index (κ1) is 19.4. The Balaban J connectivity index is 1.90. The summed E-state index contributed by atoms with van der Waals surface area (Å²) < 4.78 is 59.0. The van der Waals surface area contributed by atoms with E-state index in [-0.39, 0.29) is 11.6 Å². The largest absolute Gasteiger partial charge is 0.494 e. The van der Waals surface area contributed by atoms with Crippen molar-refractivity contribution in [2.45, 2.75) is 13.1 Å². The number of hydrogen-bond acceptors (Lipinski definition) is 5. The number of benzene rings is 2. The van der Waals surface area contributed by atoms with E-state index in [4.69, 9.17) is 4.74 Å². The van der Waals surface area contributed by atoms with Crippen molar-refractivity contribution in [1.29, 1.82) is 0 Å². The maximum Gasteiger partial charge on any atom is 0.421 e. The third kappa shape index (κ3) is 4.67. The fraction of sp³-hybridized carbons (Fsp3) is 0.158. The van der Waals surface area contributed by atoms with Crippen LogP contribution in [0.1, 0.15) is 12.5 Å². The highest BCUT2D eigenvalue weighted by atomic mass is 19.4. The van der Waals surface area contributed by atoms with Crippen LogP contribution in [0.2, 0.25) is 0 Å². The summed E-state index contributed by atoms with van der Waals surface area (Å²) >= 11 is 0. The summed E-state index contributed by atoms with van der Waals surface area (Å²) in [7, 11) is 0. The molecule has 9 heteroatoms. The zero-order chi connectivity index (χ0) is 20.1. The molecule has 28 heavy (non-hydrogen) atoms. The molecular formula is C19H16F4N4O. The van der Waals surface area contributed by atoms with E-state index < -0.39 is 23.4 Å². The van der Waals surface area contributed by atoms with Crippen molar-refractivity contribution in [2.75, 3.05) is 17.2 Å². The Kier molecular flexibility index (Phi) is 5.62. The van der Waals surface area contributed by atoms with Crippen LogP contribution in [0.3, 0.4) is 0 Å². The molecule has 0 atom stereocenters. The Morgan fingerprint density at radius 3 is 2.36 bits per heavy atom. The number of anilines is 4. The number of nitrogens with zero attached hydrogens (tertiary/aromatic N) is 2. The minimum atomic E-state index is -4.70. The van der Waals surface area contributed by atoms with Gasteiger partial charge in [0.05, 0.1) is 12.3 Å². The van der Waals surface area contributed by atoms with Gasteiger partial charge in [-0.2, -0.15) is 18.2 Å². The minimum Gasteiger partial charge on any atom is -0.494 e. The van der Waals surface area contributed by atoms with Crippen LogP contribution < -0.4 is 15.4 Å². The van der Waals surface area contributed by atoms with Gasteiger partial charge >= 0.3 is 6.18 Å². The lowest BCUT2D eigenvalue weighted by molar-refractivity contribution is -0.137. The molecule has 2 N–H and O–H groups in total. The summed E-state index contributed by atoms with van der Waals surface area (Å²) in [5.74, 6) is -0.671. The third-order valence-corrected chi connectivity index (χ3v) is 3.64. The van der Waals surface area contributed by atoms with Crippen LogP contribution in [0.5, 0.6) is 5.75 Å². The third-order valence-electron chi connectivity index (χ3n) is 3.64. The quantitative estimate of drug-likeness (QED) is 0.541. The fourth-order valence-electron chi connectivity index (χ4n) is 2.37. The number of rotatable bonds is 6. The van der Waals surface area contributed by atoms with E-state index in [9.17, 15) is 17.6 Å². The van der Waals surface area contributed by atoms with Crippen molar-refractivity contribution in [2.24, 2.45) is 0 Å². The zero-order valence-corrected chi connectivity index (χ0v) is 14.7. The van der Waals surface area contributed by atoms with Crippen LogP contribution in [0.4, 0.5) is 40.7 Å². The molecule has 0 bridgehead atoms. The van der Waals surface area contributed by atoms with Crippen molar-refractivity contribution in [3.05, 3.63) is 66.1 Å². The van der Waals surface area contributed by atoms with E-state index in [0.29, 0.717) is 24.2 Å². The SMILES string of the molecule is CCOc1ccc(Nc2ncc(C(F)(F)F)c(Nc3ccccc3F)n2)cc1. The van der Waals surface area contributed by atoms with Crippen LogP contribution in [0.25, 0.3) is 0 Å². The van der Waals surface area contributed by atoms with Crippen LogP contribution in [-0.2, 0) is 6.18 Å². The van der Waals surface area contributed by atoms with Gasteiger partial charge in [0.2, 0.25) is 5.95 Å². The maximum atomic E-state index is 13.8. The van der Waals surface area contributed by atoms with Crippen molar-refractivity contribution < 1.29 is 22.3 Å². The number of alkyl halides is 3. The van der Waals surface area contributed by atoms with Crippen molar-refractivity contribution in [3.63, 3.8) is 0 Å². The molecule has 0 saturated carbocycles. The number of aromatic nitrogens is 2. The molecule has 3 aromatic rings. The Morgan fingerprint density at radius 2 is 1.71 bits per heavy atom. The molecule has 2 aromatic carbocycles. The second-order valence-corrected chi connectivity index (χ2v) is 5.64. The van der Waals surface area contributed by atoms with Gasteiger partial charge < -0.3 is 15.4 Å². The number of halogens is 4. The number of ether oxygens (including phenoxy) is 1. The summed E-state index contributed by atoms with van der Waals surface area (Å²) in [5, 5.41) is 5.21. The fourth-order valence-corrected chi connectivity index (χ4v) is 2.37. The van der Waals surface area contributed by atoms with Gasteiger partial charge in [-0.15, -0.1) is 0 Å². The molecule has 0 saturated heterocycles. The molecule has 0 aliphatic carbocycles. The summed E-state index contributed by atoms with van der Waals surface area (Å²) in [6.07, 6.45) is -4.06. The summed E-state index contributed by atoms with van der Waals surface area (Å²) in [6, 6.07) is 12.1. The first-order valence-electron chi connectivity index (χ1n) is 8.32. The second-order valence-electron chi connectivity index (χ2n) is 5.64. The Morgan fingerprint density at radius 1 is 1.00 bits per heavy atom. The number of hydrogen-bond donors (Lipinski definition) is 2. The van der Waals surface area contributed by atoms with Crippen LogP contribution in [0, 0.1) is 5.82 Å². The highest BCUT2D eigenvalue weighted by Crippen LogP contribution is 2.35. The smallest absolute Gasteiger partial charge is 0.421 e. The average molecular weight is 392 g/mol. The van der Waals surface area contributed by atoms with Crippen molar-refractivity contribution in [1.82, 2.24) is 9.97 Å². The monoisotopic (exact) mass is 392 g/mol. The minimum absolute atomic E-state index is 0.0731. The maximum absolute atomic E-state index is 13.8. The molecule has 146 valence electrons. The topological polar surface area (TPSA) is 59.1 Å². The molecule has 3 rings (SSSR count). The predicted molar refractivity (Wildman–Crippen MR) is 97.6 cm³/mol. The number of nitrogens with one attached hydrogen (secondary N) is 2. The van der Waals surface area contributed by atoms with Gasteiger partial charge in [0.15, 0.2) is 0 Å². The van der Waals surface area contributed by atoms with E-state index in [1.54, 1.807) is 24.3 Å². The number of para-hydroxylation sites is 1. The van der Waals surface area contributed by atoms with E-state index in [2.05, 4.69) is 20.6 Å².